The van der Waals surface area contributed by atoms with Crippen molar-refractivity contribution in [2.24, 2.45) is 10.9 Å². The molecule has 0 heterocycles. The number of nitrogens with two attached hydrogens (primary N) is 1. The van der Waals surface area contributed by atoms with Crippen molar-refractivity contribution in [1.29, 1.82) is 0 Å². The maximum absolute atomic E-state index is 8.91. The van der Waals surface area contributed by atoms with Gasteiger partial charge in [0, 0.05) is 15.4 Å². The van der Waals surface area contributed by atoms with E-state index in [1.807, 2.05) is 48.5 Å². The highest BCUT2D eigenvalue weighted by molar-refractivity contribution is 7.99. The highest BCUT2D eigenvalue weighted by Crippen LogP contribution is 2.34. The number of hydrogen-bond donors (Lipinski definition) is 2. The maximum atomic E-state index is 8.91. The molecule has 0 aliphatic carbocycles. The van der Waals surface area contributed by atoms with Crippen LogP contribution in [-0.4, -0.2) is 11.0 Å². The van der Waals surface area contributed by atoms with Gasteiger partial charge in [-0.3, -0.25) is 0 Å². The third kappa shape index (κ3) is 2.71. The Balaban J connectivity index is 2.13. The summed E-state index contributed by atoms with van der Waals surface area (Å²) in [5, 5.41) is 14.1. The zero-order valence-electron chi connectivity index (χ0n) is 11.2. The van der Waals surface area contributed by atoms with Crippen LogP contribution in [-0.2, 0) is 0 Å². The van der Waals surface area contributed by atoms with Gasteiger partial charge in [-0.2, -0.15) is 0 Å². The minimum Gasteiger partial charge on any atom is -0.409 e. The van der Waals surface area contributed by atoms with E-state index in [0.717, 1.165) is 21.2 Å². The average molecular weight is 294 g/mol. The lowest BCUT2D eigenvalue weighted by Gasteiger charge is -2.10. The van der Waals surface area contributed by atoms with Crippen LogP contribution in [0.3, 0.4) is 0 Å². The summed E-state index contributed by atoms with van der Waals surface area (Å²) >= 11 is 1.70. The second-order valence-electron chi connectivity index (χ2n) is 4.56. The molecule has 0 aliphatic rings. The fraction of sp³-hybridized carbons (Fsp3) is 0. The van der Waals surface area contributed by atoms with Crippen molar-refractivity contribution in [1.82, 2.24) is 0 Å². The Bertz CT molecular complexity index is 800. The Labute approximate surface area is 127 Å². The van der Waals surface area contributed by atoms with Crippen molar-refractivity contribution in [2.75, 3.05) is 0 Å². The van der Waals surface area contributed by atoms with Crippen LogP contribution >= 0.6 is 11.8 Å². The summed E-state index contributed by atoms with van der Waals surface area (Å²) in [5.41, 5.74) is 6.50. The van der Waals surface area contributed by atoms with Crippen LogP contribution < -0.4 is 5.73 Å². The Hall–Kier alpha value is -2.46. The van der Waals surface area contributed by atoms with E-state index in [-0.39, 0.29) is 5.84 Å². The van der Waals surface area contributed by atoms with E-state index in [1.165, 1.54) is 4.90 Å². The lowest BCUT2D eigenvalue weighted by Crippen LogP contribution is -2.13. The highest BCUT2D eigenvalue weighted by Gasteiger charge is 2.09. The summed E-state index contributed by atoms with van der Waals surface area (Å²) in [6, 6.07) is 22.1. The Morgan fingerprint density at radius 2 is 1.52 bits per heavy atom. The van der Waals surface area contributed by atoms with Crippen molar-refractivity contribution in [3.05, 3.63) is 72.3 Å². The molecule has 3 nitrogen and oxygen atoms in total. The number of benzene rings is 3. The van der Waals surface area contributed by atoms with Gasteiger partial charge in [0.15, 0.2) is 5.84 Å². The number of nitrogens with zero attached hydrogens (tertiary/aromatic N) is 1. The third-order valence-corrected chi connectivity index (χ3v) is 4.32. The molecule has 0 amide bonds. The number of hydrogen-bond acceptors (Lipinski definition) is 3. The van der Waals surface area contributed by atoms with Crippen LogP contribution in [0, 0.1) is 0 Å². The van der Waals surface area contributed by atoms with Gasteiger partial charge in [-0.25, -0.2) is 0 Å². The van der Waals surface area contributed by atoms with Gasteiger partial charge in [-0.1, -0.05) is 59.4 Å². The predicted molar refractivity (Wildman–Crippen MR) is 87.0 cm³/mol. The second-order valence-corrected chi connectivity index (χ2v) is 5.67. The van der Waals surface area contributed by atoms with Crippen LogP contribution in [0.4, 0.5) is 0 Å². The van der Waals surface area contributed by atoms with E-state index in [0.29, 0.717) is 0 Å². The Kier molecular flexibility index (Phi) is 3.79. The number of fused-ring (bicyclic) bond motifs is 1. The molecule has 3 aromatic rings. The van der Waals surface area contributed by atoms with Gasteiger partial charge in [-0.05, 0) is 35.0 Å². The quantitative estimate of drug-likeness (QED) is 0.331. The van der Waals surface area contributed by atoms with E-state index in [4.69, 9.17) is 10.9 Å². The van der Waals surface area contributed by atoms with Crippen molar-refractivity contribution in [3.8, 4) is 0 Å². The number of rotatable bonds is 3. The third-order valence-electron chi connectivity index (χ3n) is 3.24. The van der Waals surface area contributed by atoms with E-state index in [1.54, 1.807) is 11.8 Å². The molecule has 21 heavy (non-hydrogen) atoms. The summed E-state index contributed by atoms with van der Waals surface area (Å²) in [6.07, 6.45) is 0. The van der Waals surface area contributed by atoms with Crippen molar-refractivity contribution < 1.29 is 5.21 Å². The standard InChI is InChI=1S/C17H14N2OS/c18-17(19-20)15-10-11-16(14-9-5-4-8-13(14)15)21-12-6-2-1-3-7-12/h1-11,20H,(H2,18,19). The van der Waals surface area contributed by atoms with Gasteiger partial charge >= 0.3 is 0 Å². The van der Waals surface area contributed by atoms with Gasteiger partial charge in [-0.15, -0.1) is 0 Å². The molecular formula is C17H14N2OS. The van der Waals surface area contributed by atoms with Crippen LogP contribution in [0.15, 0.2) is 81.7 Å². The van der Waals surface area contributed by atoms with Gasteiger partial charge in [0.05, 0.1) is 0 Å². The van der Waals surface area contributed by atoms with Crippen LogP contribution in [0.1, 0.15) is 5.56 Å². The van der Waals surface area contributed by atoms with Gasteiger partial charge < -0.3 is 10.9 Å². The molecule has 0 saturated carbocycles. The first-order valence-corrected chi connectivity index (χ1v) is 7.34. The first-order chi connectivity index (χ1) is 10.3. The molecule has 0 spiro atoms. The largest absolute Gasteiger partial charge is 0.409 e. The first-order valence-electron chi connectivity index (χ1n) is 6.52. The molecule has 0 bridgehead atoms. The fourth-order valence-electron chi connectivity index (χ4n) is 2.25. The molecule has 0 radical (unpaired) electrons. The lowest BCUT2D eigenvalue weighted by atomic mass is 10.0. The average Bonchev–Trinajstić information content (AvgIpc) is 2.55. The number of oxime groups is 1. The van der Waals surface area contributed by atoms with Gasteiger partial charge in [0.2, 0.25) is 0 Å². The molecule has 104 valence electrons. The van der Waals surface area contributed by atoms with E-state index in [9.17, 15) is 0 Å². The minimum atomic E-state index is 0.127. The summed E-state index contributed by atoms with van der Waals surface area (Å²) in [7, 11) is 0. The topological polar surface area (TPSA) is 58.6 Å². The fourth-order valence-corrected chi connectivity index (χ4v) is 3.22. The van der Waals surface area contributed by atoms with Crippen LogP contribution in [0.5, 0.6) is 0 Å². The molecule has 4 heteroatoms. The zero-order chi connectivity index (χ0) is 14.7. The van der Waals surface area contributed by atoms with Crippen LogP contribution in [0.2, 0.25) is 0 Å². The molecule has 0 atom stereocenters. The molecule has 0 saturated heterocycles. The second kappa shape index (κ2) is 5.89. The molecule has 0 fully saturated rings. The van der Waals surface area contributed by atoms with E-state index in [2.05, 4.69) is 23.4 Å². The monoisotopic (exact) mass is 294 g/mol. The smallest absolute Gasteiger partial charge is 0.170 e. The summed E-state index contributed by atoms with van der Waals surface area (Å²) < 4.78 is 0. The van der Waals surface area contributed by atoms with Gasteiger partial charge in [0.1, 0.15) is 0 Å². The maximum Gasteiger partial charge on any atom is 0.170 e. The summed E-state index contributed by atoms with van der Waals surface area (Å²) in [5.74, 6) is 0.127. The summed E-state index contributed by atoms with van der Waals surface area (Å²) in [6.45, 7) is 0. The molecule has 3 aromatic carbocycles. The Morgan fingerprint density at radius 1 is 0.857 bits per heavy atom. The lowest BCUT2D eigenvalue weighted by molar-refractivity contribution is 0.318. The molecule has 0 aliphatic heterocycles. The molecular weight excluding hydrogens is 280 g/mol. The molecule has 3 N–H and O–H groups in total. The zero-order valence-corrected chi connectivity index (χ0v) is 12.0. The van der Waals surface area contributed by atoms with Gasteiger partial charge in [0.25, 0.3) is 0 Å². The molecule has 0 aromatic heterocycles. The summed E-state index contributed by atoms with van der Waals surface area (Å²) in [4.78, 5) is 2.32. The molecule has 0 unspecified atom stereocenters. The first kappa shape index (κ1) is 13.5. The van der Waals surface area contributed by atoms with Crippen molar-refractivity contribution in [2.45, 2.75) is 9.79 Å². The molecule has 3 rings (SSSR count). The highest BCUT2D eigenvalue weighted by atomic mass is 32.2. The normalized spacial score (nSPS) is 11.7. The van der Waals surface area contributed by atoms with E-state index < -0.39 is 0 Å². The Morgan fingerprint density at radius 3 is 2.24 bits per heavy atom. The number of amidine groups is 1. The van der Waals surface area contributed by atoms with Crippen LogP contribution in [0.25, 0.3) is 10.8 Å². The van der Waals surface area contributed by atoms with Crippen molar-refractivity contribution >= 4 is 28.4 Å². The van der Waals surface area contributed by atoms with E-state index >= 15 is 0 Å². The SMILES string of the molecule is N/C(=N/O)c1ccc(Sc2ccccc2)c2ccccc12. The van der Waals surface area contributed by atoms with Crippen molar-refractivity contribution in [3.63, 3.8) is 0 Å². The predicted octanol–water partition coefficient (Wildman–Crippen LogP) is 4.09. The minimum absolute atomic E-state index is 0.127.